The van der Waals surface area contributed by atoms with Crippen LogP contribution >= 0.6 is 11.8 Å². The van der Waals surface area contributed by atoms with Gasteiger partial charge in [0.05, 0.1) is 11.3 Å². The Morgan fingerprint density at radius 2 is 2.04 bits per heavy atom. The van der Waals surface area contributed by atoms with Gasteiger partial charge in [-0.15, -0.1) is 0 Å². The number of alkyl halides is 3. The second-order valence-corrected chi connectivity index (χ2v) is 7.02. The number of hydrogen-bond donors (Lipinski definition) is 1. The van der Waals surface area contributed by atoms with Crippen LogP contribution in [0.5, 0.6) is 0 Å². The first-order valence-corrected chi connectivity index (χ1v) is 9.38. The fraction of sp³-hybridized carbons (Fsp3) is 0.412. The van der Waals surface area contributed by atoms with Crippen LogP contribution in [0.4, 0.5) is 19.0 Å². The highest BCUT2D eigenvalue weighted by atomic mass is 32.2. The molecule has 1 aliphatic rings. The van der Waals surface area contributed by atoms with Crippen LogP contribution in [-0.4, -0.2) is 45.7 Å². The molecule has 2 aromatic heterocycles. The zero-order valence-electron chi connectivity index (χ0n) is 14.3. The van der Waals surface area contributed by atoms with E-state index in [0.29, 0.717) is 24.1 Å². The largest absolute Gasteiger partial charge is 0.417 e. The van der Waals surface area contributed by atoms with Crippen LogP contribution in [-0.2, 0) is 11.0 Å². The number of nitrogens with one attached hydrogen (secondary N) is 1. The zero-order chi connectivity index (χ0) is 19.3. The van der Waals surface area contributed by atoms with Gasteiger partial charge >= 0.3 is 6.18 Å². The van der Waals surface area contributed by atoms with Gasteiger partial charge in [0.15, 0.2) is 5.16 Å². The van der Waals surface area contributed by atoms with Crippen molar-refractivity contribution in [2.24, 2.45) is 0 Å². The van der Waals surface area contributed by atoms with Gasteiger partial charge in [0.2, 0.25) is 5.91 Å². The van der Waals surface area contributed by atoms with Crippen LogP contribution in [0.15, 0.2) is 41.9 Å². The number of rotatable bonds is 5. The van der Waals surface area contributed by atoms with E-state index in [1.165, 1.54) is 17.8 Å². The number of thioether (sulfide) groups is 1. The van der Waals surface area contributed by atoms with Gasteiger partial charge in [-0.3, -0.25) is 4.79 Å². The molecular weight excluding hydrogens is 379 g/mol. The number of nitrogens with zero attached hydrogens (tertiary/aromatic N) is 4. The summed E-state index contributed by atoms with van der Waals surface area (Å²) in [4.78, 5) is 26.1. The van der Waals surface area contributed by atoms with Gasteiger partial charge in [-0.25, -0.2) is 15.0 Å². The second kappa shape index (κ2) is 8.55. The average Bonchev–Trinajstić information content (AvgIpc) is 2.67. The molecule has 0 saturated carbocycles. The maximum absolute atomic E-state index is 12.7. The van der Waals surface area contributed by atoms with Crippen molar-refractivity contribution in [2.75, 3.05) is 23.7 Å². The van der Waals surface area contributed by atoms with Crippen LogP contribution < -0.4 is 10.2 Å². The Bertz CT molecular complexity index is 757. The van der Waals surface area contributed by atoms with E-state index in [1.807, 2.05) is 4.90 Å². The van der Waals surface area contributed by atoms with Crippen molar-refractivity contribution >= 4 is 23.5 Å². The Labute approximate surface area is 158 Å². The van der Waals surface area contributed by atoms with Gasteiger partial charge in [0.1, 0.15) is 5.82 Å². The summed E-state index contributed by atoms with van der Waals surface area (Å²) in [5.41, 5.74) is -0.770. The quantitative estimate of drug-likeness (QED) is 0.618. The minimum Gasteiger partial charge on any atom is -0.355 e. The van der Waals surface area contributed by atoms with Crippen LogP contribution in [0, 0.1) is 0 Å². The van der Waals surface area contributed by atoms with E-state index in [2.05, 4.69) is 20.3 Å². The number of carbonyl (C=O) groups excluding carboxylic acids is 1. The molecule has 1 aliphatic heterocycles. The molecule has 27 heavy (non-hydrogen) atoms. The minimum atomic E-state index is -4.40. The van der Waals surface area contributed by atoms with E-state index < -0.39 is 11.7 Å². The first-order chi connectivity index (χ1) is 12.9. The molecule has 1 N–H and O–H groups in total. The van der Waals surface area contributed by atoms with Crippen LogP contribution in [0.1, 0.15) is 18.4 Å². The summed E-state index contributed by atoms with van der Waals surface area (Å²) in [6, 6.07) is 4.03. The Morgan fingerprint density at radius 3 is 2.70 bits per heavy atom. The first-order valence-electron chi connectivity index (χ1n) is 8.39. The molecule has 144 valence electrons. The summed E-state index contributed by atoms with van der Waals surface area (Å²) in [7, 11) is 0. The number of aromatic nitrogens is 3. The van der Waals surface area contributed by atoms with Gasteiger partial charge in [0.25, 0.3) is 0 Å². The smallest absolute Gasteiger partial charge is 0.355 e. The highest BCUT2D eigenvalue weighted by Crippen LogP contribution is 2.29. The summed E-state index contributed by atoms with van der Waals surface area (Å²) in [5.74, 6) is 0.563. The molecule has 1 amide bonds. The Balaban J connectivity index is 1.52. The lowest BCUT2D eigenvalue weighted by atomic mass is 10.1. The predicted molar refractivity (Wildman–Crippen MR) is 95.4 cm³/mol. The van der Waals surface area contributed by atoms with Crippen molar-refractivity contribution in [2.45, 2.75) is 30.2 Å². The van der Waals surface area contributed by atoms with E-state index in [4.69, 9.17) is 0 Å². The molecule has 0 unspecified atom stereocenters. The van der Waals surface area contributed by atoms with Crippen LogP contribution in [0.3, 0.4) is 0 Å². The van der Waals surface area contributed by atoms with Gasteiger partial charge in [0, 0.05) is 37.7 Å². The third-order valence-electron chi connectivity index (χ3n) is 4.06. The first kappa shape index (κ1) is 19.4. The SMILES string of the molecule is O=C(CSc1ncccn1)N[C@H]1CCCN(c2ccc(C(F)(F)F)cn2)C1. The number of carbonyl (C=O) groups is 1. The number of anilines is 1. The second-order valence-electron chi connectivity index (χ2n) is 6.08. The van der Waals surface area contributed by atoms with Crippen molar-refractivity contribution in [1.82, 2.24) is 20.3 Å². The molecule has 1 fully saturated rings. The van der Waals surface area contributed by atoms with Crippen molar-refractivity contribution in [3.05, 3.63) is 42.4 Å². The lowest BCUT2D eigenvalue weighted by molar-refractivity contribution is -0.137. The number of piperidine rings is 1. The molecule has 3 heterocycles. The van der Waals surface area contributed by atoms with Crippen molar-refractivity contribution < 1.29 is 18.0 Å². The molecule has 2 aromatic rings. The van der Waals surface area contributed by atoms with Gasteiger partial charge in [-0.2, -0.15) is 13.2 Å². The average molecular weight is 397 g/mol. The highest BCUT2D eigenvalue weighted by molar-refractivity contribution is 7.99. The lowest BCUT2D eigenvalue weighted by Crippen LogP contribution is -2.48. The van der Waals surface area contributed by atoms with Crippen LogP contribution in [0.25, 0.3) is 0 Å². The summed E-state index contributed by atoms with van der Waals surface area (Å²) >= 11 is 1.25. The summed E-state index contributed by atoms with van der Waals surface area (Å²) in [5, 5.41) is 3.49. The lowest BCUT2D eigenvalue weighted by Gasteiger charge is -2.34. The fourth-order valence-corrected chi connectivity index (χ4v) is 3.42. The molecular formula is C17H18F3N5OS. The number of hydrogen-bond acceptors (Lipinski definition) is 6. The highest BCUT2D eigenvalue weighted by Gasteiger charge is 2.31. The number of halogens is 3. The molecule has 0 spiro atoms. The number of amides is 1. The summed E-state index contributed by atoms with van der Waals surface area (Å²) in [6.07, 6.45) is 1.31. The predicted octanol–water partition coefficient (Wildman–Crippen LogP) is 2.77. The molecule has 6 nitrogen and oxygen atoms in total. The van der Waals surface area contributed by atoms with E-state index >= 15 is 0 Å². The van der Waals surface area contributed by atoms with Crippen LogP contribution in [0.2, 0.25) is 0 Å². The molecule has 1 saturated heterocycles. The van der Waals surface area contributed by atoms with E-state index in [9.17, 15) is 18.0 Å². The van der Waals surface area contributed by atoms with Gasteiger partial charge in [-0.1, -0.05) is 11.8 Å². The third kappa shape index (κ3) is 5.56. The zero-order valence-corrected chi connectivity index (χ0v) is 15.1. The molecule has 0 radical (unpaired) electrons. The van der Waals surface area contributed by atoms with E-state index in [0.717, 1.165) is 25.1 Å². The Morgan fingerprint density at radius 1 is 1.26 bits per heavy atom. The standard InChI is InChI=1S/C17H18F3N5OS/c18-17(19,20)12-4-5-14(23-9-12)25-8-1-3-13(10-25)24-15(26)11-27-16-21-6-2-7-22-16/h2,4-7,9,13H,1,3,8,10-11H2,(H,24,26)/t13-/m0/s1. The van der Waals surface area contributed by atoms with Crippen molar-refractivity contribution in [3.63, 3.8) is 0 Å². The normalized spacial score (nSPS) is 17.6. The maximum atomic E-state index is 12.7. The molecule has 10 heteroatoms. The Hall–Kier alpha value is -2.36. The summed E-state index contributed by atoms with van der Waals surface area (Å²) in [6.45, 7) is 1.20. The topological polar surface area (TPSA) is 71.0 Å². The third-order valence-corrected chi connectivity index (χ3v) is 4.94. The van der Waals surface area contributed by atoms with E-state index in [-0.39, 0.29) is 17.7 Å². The minimum absolute atomic E-state index is 0.0763. The molecule has 0 aliphatic carbocycles. The molecule has 0 aromatic carbocycles. The molecule has 3 rings (SSSR count). The fourth-order valence-electron chi connectivity index (χ4n) is 2.80. The monoisotopic (exact) mass is 397 g/mol. The van der Waals surface area contributed by atoms with E-state index in [1.54, 1.807) is 18.5 Å². The van der Waals surface area contributed by atoms with Crippen molar-refractivity contribution in [1.29, 1.82) is 0 Å². The van der Waals surface area contributed by atoms with Gasteiger partial charge in [-0.05, 0) is 31.0 Å². The maximum Gasteiger partial charge on any atom is 0.417 e. The Kier molecular flexibility index (Phi) is 6.15. The van der Waals surface area contributed by atoms with Crippen molar-refractivity contribution in [3.8, 4) is 0 Å². The molecule has 1 atom stereocenters. The number of pyridine rings is 1. The molecule has 0 bridgehead atoms. The summed E-state index contributed by atoms with van der Waals surface area (Å²) < 4.78 is 38.0. The van der Waals surface area contributed by atoms with Gasteiger partial charge < -0.3 is 10.2 Å².